The second-order valence-electron chi connectivity index (χ2n) is 6.97. The number of hydrogen-bond donors (Lipinski definition) is 0. The van der Waals surface area contributed by atoms with E-state index in [-0.39, 0.29) is 31.1 Å². The third-order valence-corrected chi connectivity index (χ3v) is 7.20. The third kappa shape index (κ3) is 3.59. The average molecular weight is 409 g/mol. The number of sulfonamides is 1. The zero-order chi connectivity index (χ0) is 19.7. The van der Waals surface area contributed by atoms with Gasteiger partial charge in [0.1, 0.15) is 5.75 Å². The Bertz CT molecular complexity index is 873. The van der Waals surface area contributed by atoms with Gasteiger partial charge < -0.3 is 19.3 Å². The molecule has 0 N–H and O–H groups in total. The highest BCUT2D eigenvalue weighted by Gasteiger charge is 2.34. The standard InChI is InChI=1S/C18H23N3O6S/c22-17(18(23)20-8-11-26-12-9-20)19-4-6-21(7-5-19)28(24,25)15-1-2-16-14(13-15)3-10-27-16/h1-2,13H,3-12H2. The van der Waals surface area contributed by atoms with E-state index in [4.69, 9.17) is 9.47 Å². The summed E-state index contributed by atoms with van der Waals surface area (Å²) >= 11 is 0. The number of piperazine rings is 1. The number of rotatable bonds is 2. The molecule has 0 radical (unpaired) electrons. The van der Waals surface area contributed by atoms with E-state index in [0.29, 0.717) is 39.3 Å². The van der Waals surface area contributed by atoms with Crippen molar-refractivity contribution < 1.29 is 27.5 Å². The monoisotopic (exact) mass is 409 g/mol. The number of amides is 2. The van der Waals surface area contributed by atoms with Crippen molar-refractivity contribution in [1.29, 1.82) is 0 Å². The molecule has 1 aromatic carbocycles. The summed E-state index contributed by atoms with van der Waals surface area (Å²) in [4.78, 5) is 28.0. The first-order valence-corrected chi connectivity index (χ1v) is 10.8. The van der Waals surface area contributed by atoms with Crippen molar-refractivity contribution >= 4 is 21.8 Å². The Hall–Kier alpha value is -2.17. The van der Waals surface area contributed by atoms with Gasteiger partial charge in [-0.05, 0) is 23.8 Å². The Labute approximate surface area is 163 Å². The first-order valence-electron chi connectivity index (χ1n) is 9.38. The predicted octanol–water partition coefficient (Wildman–Crippen LogP) is -0.687. The van der Waals surface area contributed by atoms with Gasteiger partial charge >= 0.3 is 11.8 Å². The van der Waals surface area contributed by atoms with Gasteiger partial charge in [-0.3, -0.25) is 9.59 Å². The quantitative estimate of drug-likeness (QED) is 0.600. The minimum atomic E-state index is -3.65. The summed E-state index contributed by atoms with van der Waals surface area (Å²) in [6.45, 7) is 2.95. The zero-order valence-electron chi connectivity index (χ0n) is 15.5. The van der Waals surface area contributed by atoms with Crippen molar-refractivity contribution in [2.24, 2.45) is 0 Å². The molecular formula is C18H23N3O6S. The van der Waals surface area contributed by atoms with Gasteiger partial charge in [0, 0.05) is 45.7 Å². The number of ether oxygens (including phenoxy) is 2. The van der Waals surface area contributed by atoms with Crippen LogP contribution in [0.3, 0.4) is 0 Å². The highest BCUT2D eigenvalue weighted by molar-refractivity contribution is 7.89. The molecule has 152 valence electrons. The van der Waals surface area contributed by atoms with E-state index in [1.807, 2.05) is 0 Å². The number of benzene rings is 1. The summed E-state index contributed by atoms with van der Waals surface area (Å²) in [5.41, 5.74) is 0.894. The summed E-state index contributed by atoms with van der Waals surface area (Å²) in [5.74, 6) is -0.386. The normalized spacial score (nSPS) is 20.6. The van der Waals surface area contributed by atoms with E-state index in [1.54, 1.807) is 18.2 Å². The first kappa shape index (κ1) is 19.2. The lowest BCUT2D eigenvalue weighted by Gasteiger charge is -2.35. The van der Waals surface area contributed by atoms with Gasteiger partial charge in [-0.1, -0.05) is 0 Å². The van der Waals surface area contributed by atoms with Crippen molar-refractivity contribution in [3.05, 3.63) is 23.8 Å². The topological polar surface area (TPSA) is 96.5 Å². The highest BCUT2D eigenvalue weighted by atomic mass is 32.2. The molecule has 0 aliphatic carbocycles. The molecule has 2 amide bonds. The van der Waals surface area contributed by atoms with Crippen LogP contribution < -0.4 is 4.74 Å². The molecule has 10 heteroatoms. The molecule has 1 aromatic rings. The van der Waals surface area contributed by atoms with Crippen molar-refractivity contribution in [3.63, 3.8) is 0 Å². The van der Waals surface area contributed by atoms with E-state index in [1.165, 1.54) is 14.1 Å². The van der Waals surface area contributed by atoms with Gasteiger partial charge in [-0.2, -0.15) is 4.31 Å². The Morgan fingerprint density at radius 3 is 2.18 bits per heavy atom. The van der Waals surface area contributed by atoms with E-state index in [2.05, 4.69) is 0 Å². The minimum Gasteiger partial charge on any atom is -0.493 e. The maximum atomic E-state index is 12.9. The Morgan fingerprint density at radius 1 is 0.857 bits per heavy atom. The van der Waals surface area contributed by atoms with Crippen LogP contribution in [0.5, 0.6) is 5.75 Å². The van der Waals surface area contributed by atoms with Crippen LogP contribution in [0.2, 0.25) is 0 Å². The number of fused-ring (bicyclic) bond motifs is 1. The molecule has 0 aromatic heterocycles. The molecule has 0 bridgehead atoms. The van der Waals surface area contributed by atoms with Crippen LogP contribution in [0.1, 0.15) is 5.56 Å². The lowest BCUT2D eigenvalue weighted by molar-refractivity contribution is -0.154. The minimum absolute atomic E-state index is 0.165. The molecule has 3 heterocycles. The molecule has 0 unspecified atom stereocenters. The smallest absolute Gasteiger partial charge is 0.312 e. The van der Waals surface area contributed by atoms with Gasteiger partial charge in [0.25, 0.3) is 0 Å². The maximum Gasteiger partial charge on any atom is 0.312 e. The number of carbonyl (C=O) groups excluding carboxylic acids is 2. The van der Waals surface area contributed by atoms with E-state index in [0.717, 1.165) is 11.3 Å². The number of morpholine rings is 1. The van der Waals surface area contributed by atoms with Crippen LogP contribution in [0, 0.1) is 0 Å². The third-order valence-electron chi connectivity index (χ3n) is 5.31. The SMILES string of the molecule is O=C(C(=O)N1CCN(S(=O)(=O)c2ccc3c(c2)CCO3)CC1)N1CCOCC1. The average Bonchev–Trinajstić information content (AvgIpc) is 3.21. The van der Waals surface area contributed by atoms with Gasteiger partial charge in [0.05, 0.1) is 24.7 Å². The molecule has 0 spiro atoms. The van der Waals surface area contributed by atoms with Crippen molar-refractivity contribution in [3.8, 4) is 5.75 Å². The summed E-state index contributed by atoms with van der Waals surface area (Å²) in [6, 6.07) is 4.91. The molecule has 4 rings (SSSR count). The predicted molar refractivity (Wildman–Crippen MR) is 98.4 cm³/mol. The molecule has 28 heavy (non-hydrogen) atoms. The summed E-state index contributed by atoms with van der Waals surface area (Å²) < 4.78 is 37.9. The largest absolute Gasteiger partial charge is 0.493 e. The fourth-order valence-corrected chi connectivity index (χ4v) is 5.11. The summed E-state index contributed by atoms with van der Waals surface area (Å²) in [5, 5.41) is 0. The number of carbonyl (C=O) groups is 2. The fraction of sp³-hybridized carbons (Fsp3) is 0.556. The van der Waals surface area contributed by atoms with Crippen LogP contribution in [0.15, 0.2) is 23.1 Å². The lowest BCUT2D eigenvalue weighted by Crippen LogP contribution is -2.55. The van der Waals surface area contributed by atoms with Crippen LogP contribution in [0.25, 0.3) is 0 Å². The molecule has 2 fully saturated rings. The molecule has 2 saturated heterocycles. The Balaban J connectivity index is 1.39. The second kappa shape index (κ2) is 7.69. The van der Waals surface area contributed by atoms with Gasteiger partial charge in [0.15, 0.2) is 0 Å². The molecule has 0 saturated carbocycles. The van der Waals surface area contributed by atoms with Gasteiger partial charge in [-0.15, -0.1) is 0 Å². The molecule has 3 aliphatic rings. The number of nitrogens with zero attached hydrogens (tertiary/aromatic N) is 3. The van der Waals surface area contributed by atoms with Crippen molar-refractivity contribution in [2.75, 3.05) is 59.1 Å². The highest BCUT2D eigenvalue weighted by Crippen LogP contribution is 2.29. The van der Waals surface area contributed by atoms with Gasteiger partial charge in [0.2, 0.25) is 10.0 Å². The first-order chi connectivity index (χ1) is 13.5. The fourth-order valence-electron chi connectivity index (χ4n) is 3.64. The molecule has 9 nitrogen and oxygen atoms in total. The van der Waals surface area contributed by atoms with Crippen LogP contribution >= 0.6 is 0 Å². The molecular weight excluding hydrogens is 386 g/mol. The zero-order valence-corrected chi connectivity index (χ0v) is 16.3. The van der Waals surface area contributed by atoms with Crippen LogP contribution in [0.4, 0.5) is 0 Å². The van der Waals surface area contributed by atoms with E-state index < -0.39 is 21.8 Å². The van der Waals surface area contributed by atoms with Crippen molar-refractivity contribution in [1.82, 2.24) is 14.1 Å². The maximum absolute atomic E-state index is 12.9. The lowest BCUT2D eigenvalue weighted by atomic mass is 10.2. The van der Waals surface area contributed by atoms with E-state index in [9.17, 15) is 18.0 Å². The Morgan fingerprint density at radius 2 is 1.50 bits per heavy atom. The number of hydrogen-bond acceptors (Lipinski definition) is 6. The Kier molecular flexibility index (Phi) is 5.26. The van der Waals surface area contributed by atoms with E-state index >= 15 is 0 Å². The van der Waals surface area contributed by atoms with Crippen molar-refractivity contribution in [2.45, 2.75) is 11.3 Å². The van der Waals surface area contributed by atoms with Crippen LogP contribution in [-0.2, 0) is 30.8 Å². The van der Waals surface area contributed by atoms with Crippen LogP contribution in [-0.4, -0.2) is 93.4 Å². The molecule has 3 aliphatic heterocycles. The second-order valence-corrected chi connectivity index (χ2v) is 8.91. The summed E-state index contributed by atoms with van der Waals surface area (Å²) in [6.07, 6.45) is 0.699. The van der Waals surface area contributed by atoms with Gasteiger partial charge in [-0.25, -0.2) is 8.42 Å². The summed E-state index contributed by atoms with van der Waals surface area (Å²) in [7, 11) is -3.65. The molecule has 0 atom stereocenters.